The zero-order valence-electron chi connectivity index (χ0n) is 15.8. The Hall–Kier alpha value is -2.05. The molecule has 0 N–H and O–H groups in total. The zero-order chi connectivity index (χ0) is 20.1. The van der Waals surface area contributed by atoms with Crippen molar-refractivity contribution in [3.05, 3.63) is 35.4 Å². The van der Waals surface area contributed by atoms with E-state index in [0.29, 0.717) is 0 Å². The Bertz CT molecular complexity index is 636. The second-order valence-corrected chi connectivity index (χ2v) is 7.24. The number of amides is 1. The van der Waals surface area contributed by atoms with Crippen molar-refractivity contribution in [3.8, 4) is 0 Å². The SMILES string of the molecule is CCOC(=O)CN(C(=O)Cc1cccc(C(F)(F)F)c1)C(C)C(C)(C)C. The molecule has 0 aromatic heterocycles. The molecular formula is C19H26F3NO3. The topological polar surface area (TPSA) is 46.6 Å². The summed E-state index contributed by atoms with van der Waals surface area (Å²) < 4.78 is 43.5. The molecule has 0 saturated carbocycles. The molecule has 1 aromatic carbocycles. The minimum atomic E-state index is -4.47. The van der Waals surface area contributed by atoms with Gasteiger partial charge in [0.2, 0.25) is 5.91 Å². The molecule has 4 nitrogen and oxygen atoms in total. The minimum Gasteiger partial charge on any atom is -0.465 e. The van der Waals surface area contributed by atoms with E-state index in [1.54, 1.807) is 6.92 Å². The largest absolute Gasteiger partial charge is 0.465 e. The average molecular weight is 373 g/mol. The summed E-state index contributed by atoms with van der Waals surface area (Å²) in [6.45, 7) is 9.21. The van der Waals surface area contributed by atoms with Crippen LogP contribution in [0.15, 0.2) is 24.3 Å². The molecule has 0 radical (unpaired) electrons. The van der Waals surface area contributed by atoms with Gasteiger partial charge in [0.1, 0.15) is 6.54 Å². The number of hydrogen-bond acceptors (Lipinski definition) is 3. The quantitative estimate of drug-likeness (QED) is 0.706. The first-order valence-electron chi connectivity index (χ1n) is 8.47. The molecule has 0 heterocycles. The van der Waals surface area contributed by atoms with Gasteiger partial charge in [0, 0.05) is 6.04 Å². The van der Waals surface area contributed by atoms with Crippen LogP contribution in [0.5, 0.6) is 0 Å². The second kappa shape index (κ2) is 8.56. The van der Waals surface area contributed by atoms with E-state index in [-0.39, 0.29) is 36.6 Å². The molecule has 1 rings (SSSR count). The predicted octanol–water partition coefficient (Wildman–Crippen LogP) is 4.07. The Morgan fingerprint density at radius 2 is 1.81 bits per heavy atom. The number of alkyl halides is 3. The molecule has 0 aliphatic rings. The third-order valence-corrected chi connectivity index (χ3v) is 4.26. The Balaban J connectivity index is 3.03. The van der Waals surface area contributed by atoms with Gasteiger partial charge in [0.05, 0.1) is 18.6 Å². The van der Waals surface area contributed by atoms with Gasteiger partial charge < -0.3 is 9.64 Å². The number of ether oxygens (including phenoxy) is 1. The average Bonchev–Trinajstić information content (AvgIpc) is 2.50. The van der Waals surface area contributed by atoms with Crippen molar-refractivity contribution in [2.24, 2.45) is 5.41 Å². The number of carbonyl (C=O) groups is 2. The zero-order valence-corrected chi connectivity index (χ0v) is 15.8. The van der Waals surface area contributed by atoms with E-state index in [1.165, 1.54) is 17.0 Å². The standard InChI is InChI=1S/C19H26F3NO3/c1-6-26-17(25)12-23(13(2)18(3,4)5)16(24)11-14-8-7-9-15(10-14)19(20,21)22/h7-10,13H,6,11-12H2,1-5H3. The summed E-state index contributed by atoms with van der Waals surface area (Å²) in [7, 11) is 0. The highest BCUT2D eigenvalue weighted by Gasteiger charge is 2.33. The van der Waals surface area contributed by atoms with Gasteiger partial charge in [-0.2, -0.15) is 13.2 Å². The molecule has 1 aromatic rings. The first-order chi connectivity index (χ1) is 11.9. The van der Waals surface area contributed by atoms with Gasteiger partial charge in [-0.25, -0.2) is 0 Å². The molecule has 0 bridgehead atoms. The highest BCUT2D eigenvalue weighted by Crippen LogP contribution is 2.30. The molecule has 0 aliphatic carbocycles. The van der Waals surface area contributed by atoms with Crippen LogP contribution < -0.4 is 0 Å². The van der Waals surface area contributed by atoms with Crippen LogP contribution in [-0.2, 0) is 26.9 Å². The number of carbonyl (C=O) groups excluding carboxylic acids is 2. The Labute approximate surface area is 152 Å². The molecule has 1 amide bonds. The van der Waals surface area contributed by atoms with E-state index in [1.807, 2.05) is 27.7 Å². The number of nitrogens with zero attached hydrogens (tertiary/aromatic N) is 1. The third-order valence-electron chi connectivity index (χ3n) is 4.26. The van der Waals surface area contributed by atoms with Crippen LogP contribution in [0.25, 0.3) is 0 Å². The van der Waals surface area contributed by atoms with Crippen LogP contribution >= 0.6 is 0 Å². The molecule has 146 valence electrons. The third kappa shape index (κ3) is 6.35. The first kappa shape index (κ1) is 22.0. The Morgan fingerprint density at radius 1 is 1.19 bits per heavy atom. The predicted molar refractivity (Wildman–Crippen MR) is 92.4 cm³/mol. The molecule has 0 spiro atoms. The van der Waals surface area contributed by atoms with Crippen LogP contribution in [0.1, 0.15) is 45.7 Å². The molecule has 0 saturated heterocycles. The summed E-state index contributed by atoms with van der Waals surface area (Å²) in [5.74, 6) is -0.958. The fourth-order valence-corrected chi connectivity index (χ4v) is 2.39. The maximum absolute atomic E-state index is 12.8. The summed E-state index contributed by atoms with van der Waals surface area (Å²) in [6.07, 6.45) is -4.69. The lowest BCUT2D eigenvalue weighted by Crippen LogP contribution is -2.48. The molecular weight excluding hydrogens is 347 g/mol. The van der Waals surface area contributed by atoms with Crippen molar-refractivity contribution in [1.29, 1.82) is 0 Å². The van der Waals surface area contributed by atoms with Crippen LogP contribution in [-0.4, -0.2) is 36.0 Å². The molecule has 1 unspecified atom stereocenters. The van der Waals surface area contributed by atoms with Crippen LogP contribution in [0.3, 0.4) is 0 Å². The molecule has 7 heteroatoms. The van der Waals surface area contributed by atoms with E-state index in [9.17, 15) is 22.8 Å². The number of benzene rings is 1. The Morgan fingerprint density at radius 3 is 2.31 bits per heavy atom. The van der Waals surface area contributed by atoms with Crippen molar-refractivity contribution in [3.63, 3.8) is 0 Å². The van der Waals surface area contributed by atoms with Crippen molar-refractivity contribution in [1.82, 2.24) is 4.90 Å². The Kier molecular flexibility index (Phi) is 7.24. The summed E-state index contributed by atoms with van der Waals surface area (Å²) in [5.41, 5.74) is -0.862. The lowest BCUT2D eigenvalue weighted by Gasteiger charge is -2.37. The van der Waals surface area contributed by atoms with Gasteiger partial charge in [0.25, 0.3) is 0 Å². The summed E-state index contributed by atoms with van der Waals surface area (Å²) >= 11 is 0. The van der Waals surface area contributed by atoms with Crippen LogP contribution in [0.4, 0.5) is 13.2 Å². The number of esters is 1. The van der Waals surface area contributed by atoms with E-state index in [0.717, 1.165) is 12.1 Å². The highest BCUT2D eigenvalue weighted by atomic mass is 19.4. The van der Waals surface area contributed by atoms with Crippen molar-refractivity contribution in [2.45, 2.75) is 53.3 Å². The lowest BCUT2D eigenvalue weighted by molar-refractivity contribution is -0.151. The summed E-state index contributed by atoms with van der Waals surface area (Å²) in [4.78, 5) is 26.0. The summed E-state index contributed by atoms with van der Waals surface area (Å²) in [5, 5.41) is 0. The van der Waals surface area contributed by atoms with E-state index in [4.69, 9.17) is 4.74 Å². The van der Waals surface area contributed by atoms with E-state index in [2.05, 4.69) is 0 Å². The second-order valence-electron chi connectivity index (χ2n) is 7.24. The smallest absolute Gasteiger partial charge is 0.416 e. The summed E-state index contributed by atoms with van der Waals surface area (Å²) in [6, 6.07) is 4.36. The monoisotopic (exact) mass is 373 g/mol. The van der Waals surface area contributed by atoms with Crippen molar-refractivity contribution < 1.29 is 27.5 Å². The van der Waals surface area contributed by atoms with Crippen LogP contribution in [0, 0.1) is 5.41 Å². The maximum Gasteiger partial charge on any atom is 0.416 e. The fourth-order valence-electron chi connectivity index (χ4n) is 2.39. The van der Waals surface area contributed by atoms with Crippen molar-refractivity contribution in [2.75, 3.05) is 13.2 Å². The van der Waals surface area contributed by atoms with Gasteiger partial charge in [-0.15, -0.1) is 0 Å². The van der Waals surface area contributed by atoms with Crippen LogP contribution in [0.2, 0.25) is 0 Å². The van der Waals surface area contributed by atoms with Crippen molar-refractivity contribution >= 4 is 11.9 Å². The van der Waals surface area contributed by atoms with Gasteiger partial charge in [-0.3, -0.25) is 9.59 Å². The molecule has 0 aliphatic heterocycles. The number of halogens is 3. The first-order valence-corrected chi connectivity index (χ1v) is 8.47. The van der Waals surface area contributed by atoms with E-state index < -0.39 is 23.6 Å². The normalized spacial score (nSPS) is 13.2. The number of hydrogen-bond donors (Lipinski definition) is 0. The minimum absolute atomic E-state index is 0.193. The maximum atomic E-state index is 12.8. The highest BCUT2D eigenvalue weighted by molar-refractivity contribution is 5.84. The lowest BCUT2D eigenvalue weighted by atomic mass is 9.86. The molecule has 26 heavy (non-hydrogen) atoms. The van der Waals surface area contributed by atoms with E-state index >= 15 is 0 Å². The van der Waals surface area contributed by atoms with Gasteiger partial charge in [-0.1, -0.05) is 39.0 Å². The van der Waals surface area contributed by atoms with Gasteiger partial charge >= 0.3 is 12.1 Å². The fraction of sp³-hybridized carbons (Fsp3) is 0.579. The molecule has 1 atom stereocenters. The molecule has 0 fully saturated rings. The van der Waals surface area contributed by atoms with Gasteiger partial charge in [0.15, 0.2) is 0 Å². The van der Waals surface area contributed by atoms with Gasteiger partial charge in [-0.05, 0) is 30.9 Å². The number of rotatable bonds is 6.